The first-order valence-electron chi connectivity index (χ1n) is 8.52. The number of benzene rings is 1. The highest BCUT2D eigenvalue weighted by Gasteiger charge is 2.10. The fraction of sp³-hybridized carbons (Fsp3) is 0.450. The van der Waals surface area contributed by atoms with Crippen molar-refractivity contribution in [3.05, 3.63) is 53.9 Å². The summed E-state index contributed by atoms with van der Waals surface area (Å²) in [6.45, 7) is 0.234. The number of hydrogen-bond donors (Lipinski definition) is 0. The molecule has 0 bridgehead atoms. The minimum absolute atomic E-state index is 0.234. The van der Waals surface area contributed by atoms with Gasteiger partial charge in [-0.1, -0.05) is 31.0 Å². The second-order valence-electron chi connectivity index (χ2n) is 5.73. The highest BCUT2D eigenvalue weighted by molar-refractivity contribution is 5.46. The molecule has 1 aromatic heterocycles. The lowest BCUT2D eigenvalue weighted by molar-refractivity contribution is 0.0484. The molecule has 2 aromatic rings. The van der Waals surface area contributed by atoms with Crippen molar-refractivity contribution in [3.8, 4) is 11.5 Å². The summed E-state index contributed by atoms with van der Waals surface area (Å²) in [7, 11) is 3.28. The van der Waals surface area contributed by atoms with Crippen molar-refractivity contribution in [1.29, 1.82) is 0 Å². The van der Waals surface area contributed by atoms with Gasteiger partial charge < -0.3 is 14.2 Å². The van der Waals surface area contributed by atoms with E-state index in [1.54, 1.807) is 14.2 Å². The second-order valence-corrected chi connectivity index (χ2v) is 5.73. The molecule has 130 valence electrons. The summed E-state index contributed by atoms with van der Waals surface area (Å²) in [5.74, 6) is 1.56. The van der Waals surface area contributed by atoms with E-state index in [1.165, 1.54) is 30.5 Å². The van der Waals surface area contributed by atoms with E-state index in [9.17, 15) is 0 Å². The molecule has 4 nitrogen and oxygen atoms in total. The van der Waals surface area contributed by atoms with E-state index in [4.69, 9.17) is 14.2 Å². The molecule has 0 unspecified atom stereocenters. The normalized spacial score (nSPS) is 10.6. The maximum absolute atomic E-state index is 5.69. The number of rotatable bonds is 11. The number of aromatic nitrogens is 1. The molecule has 0 saturated heterocycles. The lowest BCUT2D eigenvalue weighted by atomic mass is 10.0. The molecule has 0 N–H and O–H groups in total. The summed E-state index contributed by atoms with van der Waals surface area (Å²) >= 11 is 0. The number of nitrogens with zero attached hydrogens (tertiary/aromatic N) is 1. The molecule has 0 spiro atoms. The third-order valence-corrected chi connectivity index (χ3v) is 3.96. The predicted molar refractivity (Wildman–Crippen MR) is 95.6 cm³/mol. The van der Waals surface area contributed by atoms with Gasteiger partial charge in [0.15, 0.2) is 18.3 Å². The average molecular weight is 329 g/mol. The van der Waals surface area contributed by atoms with Crippen molar-refractivity contribution in [3.63, 3.8) is 0 Å². The van der Waals surface area contributed by atoms with Gasteiger partial charge in [-0.2, -0.15) is 0 Å². The van der Waals surface area contributed by atoms with Crippen molar-refractivity contribution in [2.75, 3.05) is 21.0 Å². The standard InChI is InChI=1S/C20H27NO3/c1-22-16-24-20-17(11-9-14-19(20)23-2)10-5-3-4-6-12-18-13-7-8-15-21-18/h7-9,11,13-15H,3-6,10,12,16H2,1-2H3. The lowest BCUT2D eigenvalue weighted by Gasteiger charge is -2.14. The Morgan fingerprint density at radius 2 is 1.71 bits per heavy atom. The SMILES string of the molecule is COCOc1c(CCCCCCc2ccccn2)cccc1OC. The summed E-state index contributed by atoms with van der Waals surface area (Å²) in [4.78, 5) is 4.36. The van der Waals surface area contributed by atoms with Crippen molar-refractivity contribution in [1.82, 2.24) is 4.98 Å². The first-order valence-corrected chi connectivity index (χ1v) is 8.52. The number of methoxy groups -OCH3 is 2. The fourth-order valence-corrected chi connectivity index (χ4v) is 2.72. The number of ether oxygens (including phenoxy) is 3. The zero-order chi connectivity index (χ0) is 17.0. The monoisotopic (exact) mass is 329 g/mol. The zero-order valence-electron chi connectivity index (χ0n) is 14.7. The third-order valence-electron chi connectivity index (χ3n) is 3.96. The van der Waals surface area contributed by atoms with Crippen LogP contribution >= 0.6 is 0 Å². The maximum atomic E-state index is 5.69. The van der Waals surface area contributed by atoms with Gasteiger partial charge in [-0.3, -0.25) is 4.98 Å². The molecule has 0 radical (unpaired) electrons. The molecule has 0 aliphatic carbocycles. The molecule has 1 aromatic carbocycles. The van der Waals surface area contributed by atoms with Crippen LogP contribution in [0.15, 0.2) is 42.6 Å². The van der Waals surface area contributed by atoms with Crippen LogP contribution in [0.3, 0.4) is 0 Å². The molecular formula is C20H27NO3. The second kappa shape index (κ2) is 10.7. The number of hydrogen-bond acceptors (Lipinski definition) is 4. The number of aryl methyl sites for hydroxylation is 2. The van der Waals surface area contributed by atoms with Crippen molar-refractivity contribution >= 4 is 0 Å². The van der Waals surface area contributed by atoms with Gasteiger partial charge in [-0.25, -0.2) is 0 Å². The molecular weight excluding hydrogens is 302 g/mol. The molecule has 0 aliphatic heterocycles. The molecule has 1 heterocycles. The number of pyridine rings is 1. The zero-order valence-corrected chi connectivity index (χ0v) is 14.7. The van der Waals surface area contributed by atoms with E-state index in [-0.39, 0.29) is 6.79 Å². The van der Waals surface area contributed by atoms with E-state index < -0.39 is 0 Å². The van der Waals surface area contributed by atoms with Crippen LogP contribution in [0, 0.1) is 0 Å². The molecule has 2 rings (SSSR count). The Balaban J connectivity index is 1.75. The first-order chi connectivity index (χ1) is 11.8. The largest absolute Gasteiger partial charge is 0.493 e. The molecule has 0 saturated carbocycles. The van der Waals surface area contributed by atoms with Crippen LogP contribution in [0.2, 0.25) is 0 Å². The summed E-state index contributed by atoms with van der Waals surface area (Å²) in [5.41, 5.74) is 2.36. The topological polar surface area (TPSA) is 40.6 Å². The van der Waals surface area contributed by atoms with Crippen LogP contribution in [0.1, 0.15) is 36.9 Å². The van der Waals surface area contributed by atoms with E-state index in [1.807, 2.05) is 30.5 Å². The van der Waals surface area contributed by atoms with Crippen LogP contribution in [0.25, 0.3) is 0 Å². The molecule has 24 heavy (non-hydrogen) atoms. The molecule has 4 heteroatoms. The number of para-hydroxylation sites is 1. The van der Waals surface area contributed by atoms with Crippen molar-refractivity contribution in [2.24, 2.45) is 0 Å². The third kappa shape index (κ3) is 5.85. The highest BCUT2D eigenvalue weighted by atomic mass is 16.7. The minimum Gasteiger partial charge on any atom is -0.493 e. The highest BCUT2D eigenvalue weighted by Crippen LogP contribution is 2.32. The van der Waals surface area contributed by atoms with E-state index >= 15 is 0 Å². The van der Waals surface area contributed by atoms with Crippen molar-refractivity contribution in [2.45, 2.75) is 38.5 Å². The van der Waals surface area contributed by atoms with Crippen LogP contribution in [-0.4, -0.2) is 26.0 Å². The van der Waals surface area contributed by atoms with Gasteiger partial charge >= 0.3 is 0 Å². The first kappa shape index (κ1) is 18.3. The van der Waals surface area contributed by atoms with Gasteiger partial charge in [0.05, 0.1) is 7.11 Å². The van der Waals surface area contributed by atoms with Crippen LogP contribution in [0.5, 0.6) is 11.5 Å². The van der Waals surface area contributed by atoms with E-state index in [2.05, 4.69) is 17.1 Å². The minimum atomic E-state index is 0.234. The summed E-state index contributed by atoms with van der Waals surface area (Å²) < 4.78 is 16.1. The van der Waals surface area contributed by atoms with Gasteiger partial charge in [-0.15, -0.1) is 0 Å². The molecule has 0 atom stereocenters. The van der Waals surface area contributed by atoms with Gasteiger partial charge in [0, 0.05) is 19.0 Å². The van der Waals surface area contributed by atoms with Crippen LogP contribution in [-0.2, 0) is 17.6 Å². The van der Waals surface area contributed by atoms with E-state index in [0.29, 0.717) is 0 Å². The van der Waals surface area contributed by atoms with Crippen LogP contribution < -0.4 is 9.47 Å². The van der Waals surface area contributed by atoms with Gasteiger partial charge in [0.2, 0.25) is 0 Å². The Labute approximate surface area is 144 Å². The smallest absolute Gasteiger partial charge is 0.188 e. The van der Waals surface area contributed by atoms with Crippen LogP contribution in [0.4, 0.5) is 0 Å². The Kier molecular flexibility index (Phi) is 8.11. The Hall–Kier alpha value is -2.07. The fourth-order valence-electron chi connectivity index (χ4n) is 2.72. The molecule has 0 fully saturated rings. The van der Waals surface area contributed by atoms with E-state index in [0.717, 1.165) is 30.8 Å². The summed E-state index contributed by atoms with van der Waals surface area (Å²) in [6.07, 6.45) is 8.64. The molecule has 0 aliphatic rings. The summed E-state index contributed by atoms with van der Waals surface area (Å²) in [6, 6.07) is 12.1. The van der Waals surface area contributed by atoms with Gasteiger partial charge in [-0.05, 0) is 49.4 Å². The quantitative estimate of drug-likeness (QED) is 0.452. The Morgan fingerprint density at radius 1 is 0.875 bits per heavy atom. The Morgan fingerprint density at radius 3 is 2.42 bits per heavy atom. The maximum Gasteiger partial charge on any atom is 0.188 e. The lowest BCUT2D eigenvalue weighted by Crippen LogP contribution is -2.04. The van der Waals surface area contributed by atoms with Gasteiger partial charge in [0.25, 0.3) is 0 Å². The molecule has 0 amide bonds. The van der Waals surface area contributed by atoms with Gasteiger partial charge in [0.1, 0.15) is 0 Å². The predicted octanol–water partition coefficient (Wildman–Crippen LogP) is 4.42. The van der Waals surface area contributed by atoms with Crippen molar-refractivity contribution < 1.29 is 14.2 Å². The average Bonchev–Trinajstić information content (AvgIpc) is 2.64. The Bertz CT molecular complexity index is 587. The summed E-state index contributed by atoms with van der Waals surface area (Å²) in [5, 5.41) is 0. The number of unbranched alkanes of at least 4 members (excludes halogenated alkanes) is 3.